The summed E-state index contributed by atoms with van der Waals surface area (Å²) >= 11 is 0. The summed E-state index contributed by atoms with van der Waals surface area (Å²) in [7, 11) is 0. The molecule has 204 valence electrons. The standard InChI is InChI=1S/C30H34FN5O3/c1-18-13-19(2)36-28(33-18)34-26(35-36)15-22-25(37)16-30(39-27(22)38,21-7-5-6-8-21)12-11-20-9-10-23(24(31)14-20)29(3,4)17-32/h9-10,13-14,21,37H,5-8,11-12,15-16H2,1-4H3/t30-/m0/s1. The average Bonchev–Trinajstić information content (AvgIpc) is 3.56. The third-order valence-corrected chi connectivity index (χ3v) is 8.28. The first kappa shape index (κ1) is 26.8. The Kier molecular flexibility index (Phi) is 6.91. The number of aliphatic hydroxyl groups is 1. The minimum Gasteiger partial charge on any atom is -0.512 e. The first-order valence-electron chi connectivity index (χ1n) is 13.6. The van der Waals surface area contributed by atoms with Crippen LogP contribution < -0.4 is 0 Å². The Morgan fingerprint density at radius 3 is 2.64 bits per heavy atom. The van der Waals surface area contributed by atoms with Gasteiger partial charge in [0, 0.05) is 29.8 Å². The second kappa shape index (κ2) is 10.1. The number of carbonyl (C=O) groups is 1. The lowest BCUT2D eigenvalue weighted by molar-refractivity contribution is -0.167. The highest BCUT2D eigenvalue weighted by Gasteiger charge is 2.48. The van der Waals surface area contributed by atoms with Crippen molar-refractivity contribution < 1.29 is 19.0 Å². The van der Waals surface area contributed by atoms with Gasteiger partial charge in [-0.2, -0.15) is 10.2 Å². The average molecular weight is 532 g/mol. The van der Waals surface area contributed by atoms with Crippen molar-refractivity contribution in [3.05, 3.63) is 69.8 Å². The van der Waals surface area contributed by atoms with Crippen molar-refractivity contribution in [1.29, 1.82) is 5.26 Å². The summed E-state index contributed by atoms with van der Waals surface area (Å²) in [5.74, 6) is -0.00493. The molecule has 1 fully saturated rings. The van der Waals surface area contributed by atoms with Crippen LogP contribution in [-0.4, -0.2) is 36.3 Å². The lowest BCUT2D eigenvalue weighted by atomic mass is 9.76. The van der Waals surface area contributed by atoms with Crippen LogP contribution in [0.1, 0.15) is 80.7 Å². The molecule has 3 heterocycles. The second-order valence-corrected chi connectivity index (χ2v) is 11.5. The fourth-order valence-electron chi connectivity index (χ4n) is 6.07. The second-order valence-electron chi connectivity index (χ2n) is 11.5. The fraction of sp³-hybridized carbons (Fsp3) is 0.500. The predicted octanol–water partition coefficient (Wildman–Crippen LogP) is 5.54. The molecule has 1 aromatic carbocycles. The van der Waals surface area contributed by atoms with Crippen LogP contribution in [0.2, 0.25) is 0 Å². The van der Waals surface area contributed by atoms with E-state index in [-0.39, 0.29) is 30.1 Å². The summed E-state index contributed by atoms with van der Waals surface area (Å²) in [4.78, 5) is 22.2. The van der Waals surface area contributed by atoms with Crippen LogP contribution in [-0.2, 0) is 27.8 Å². The van der Waals surface area contributed by atoms with Gasteiger partial charge in [0.15, 0.2) is 5.82 Å². The number of rotatable bonds is 7. The number of benzene rings is 1. The van der Waals surface area contributed by atoms with Gasteiger partial charge in [-0.1, -0.05) is 25.0 Å². The number of aryl methyl sites for hydroxylation is 3. The van der Waals surface area contributed by atoms with Crippen molar-refractivity contribution in [2.24, 2.45) is 5.92 Å². The fourth-order valence-corrected chi connectivity index (χ4v) is 6.07. The molecule has 1 aliphatic heterocycles. The Morgan fingerprint density at radius 2 is 1.97 bits per heavy atom. The molecule has 1 N–H and O–H groups in total. The molecule has 2 aromatic heterocycles. The third-order valence-electron chi connectivity index (χ3n) is 8.28. The van der Waals surface area contributed by atoms with Crippen molar-refractivity contribution in [3.8, 4) is 6.07 Å². The number of cyclic esters (lactones) is 1. The maximum atomic E-state index is 14.9. The van der Waals surface area contributed by atoms with E-state index >= 15 is 0 Å². The molecule has 2 aliphatic rings. The van der Waals surface area contributed by atoms with Crippen LogP contribution in [0, 0.1) is 36.9 Å². The molecule has 8 nitrogen and oxygen atoms in total. The summed E-state index contributed by atoms with van der Waals surface area (Å²) in [6.45, 7) is 7.17. The Bertz CT molecular complexity index is 1510. The number of hydrogen-bond donors (Lipinski definition) is 1. The van der Waals surface area contributed by atoms with E-state index in [0.717, 1.165) is 42.6 Å². The number of nitriles is 1. The normalized spacial score (nSPS) is 20.5. The summed E-state index contributed by atoms with van der Waals surface area (Å²) in [5, 5.41) is 25.0. The highest BCUT2D eigenvalue weighted by atomic mass is 19.1. The minimum absolute atomic E-state index is 0.00941. The van der Waals surface area contributed by atoms with Gasteiger partial charge in [-0.25, -0.2) is 18.7 Å². The van der Waals surface area contributed by atoms with E-state index in [1.807, 2.05) is 26.0 Å². The molecule has 0 spiro atoms. The molecule has 1 saturated carbocycles. The zero-order valence-corrected chi connectivity index (χ0v) is 22.9. The molecular formula is C30H34FN5O3. The van der Waals surface area contributed by atoms with Crippen LogP contribution in [0.5, 0.6) is 0 Å². The first-order chi connectivity index (χ1) is 18.5. The molecule has 0 amide bonds. The van der Waals surface area contributed by atoms with E-state index in [1.165, 1.54) is 6.07 Å². The molecule has 1 atom stereocenters. The molecule has 0 unspecified atom stereocenters. The number of aromatic nitrogens is 4. The van der Waals surface area contributed by atoms with Gasteiger partial charge in [0.1, 0.15) is 17.2 Å². The first-order valence-corrected chi connectivity index (χ1v) is 13.6. The van der Waals surface area contributed by atoms with E-state index in [9.17, 15) is 19.6 Å². The molecule has 5 rings (SSSR count). The molecule has 0 bridgehead atoms. The van der Waals surface area contributed by atoms with Crippen LogP contribution in [0.15, 0.2) is 35.6 Å². The van der Waals surface area contributed by atoms with Crippen molar-refractivity contribution in [2.75, 3.05) is 0 Å². The summed E-state index contributed by atoms with van der Waals surface area (Å²) in [5.41, 5.74) is 1.20. The van der Waals surface area contributed by atoms with Crippen LogP contribution in [0.3, 0.4) is 0 Å². The quantitative estimate of drug-likeness (QED) is 0.398. The van der Waals surface area contributed by atoms with Gasteiger partial charge in [0.25, 0.3) is 5.78 Å². The van der Waals surface area contributed by atoms with Crippen LogP contribution in [0.25, 0.3) is 5.78 Å². The van der Waals surface area contributed by atoms with E-state index in [0.29, 0.717) is 30.0 Å². The molecule has 39 heavy (non-hydrogen) atoms. The minimum atomic E-state index is -0.928. The van der Waals surface area contributed by atoms with E-state index in [4.69, 9.17) is 4.74 Å². The predicted molar refractivity (Wildman–Crippen MR) is 142 cm³/mol. The molecule has 3 aromatic rings. The zero-order valence-electron chi connectivity index (χ0n) is 22.9. The van der Waals surface area contributed by atoms with Gasteiger partial charge < -0.3 is 9.84 Å². The third kappa shape index (κ3) is 5.12. The van der Waals surface area contributed by atoms with Crippen LogP contribution >= 0.6 is 0 Å². The van der Waals surface area contributed by atoms with Gasteiger partial charge in [-0.3, -0.25) is 0 Å². The highest BCUT2D eigenvalue weighted by Crippen LogP contribution is 2.46. The number of ether oxygens (including phenoxy) is 1. The van der Waals surface area contributed by atoms with E-state index < -0.39 is 22.8 Å². The number of nitrogens with zero attached hydrogens (tertiary/aromatic N) is 5. The number of carbonyl (C=O) groups excluding carboxylic acids is 1. The van der Waals surface area contributed by atoms with Gasteiger partial charge in [0.2, 0.25) is 0 Å². The summed E-state index contributed by atoms with van der Waals surface area (Å²) < 4.78 is 22.7. The van der Waals surface area contributed by atoms with Crippen molar-refractivity contribution >= 4 is 11.7 Å². The Morgan fingerprint density at radius 1 is 1.23 bits per heavy atom. The number of esters is 1. The number of halogens is 1. The molecule has 9 heteroatoms. The van der Waals surface area contributed by atoms with Crippen LogP contribution in [0.4, 0.5) is 4.39 Å². The van der Waals surface area contributed by atoms with E-state index in [1.54, 1.807) is 24.4 Å². The SMILES string of the molecule is Cc1cc(C)n2nc(CC3=C(O)C[C@@](CCc4ccc(C(C)(C)C#N)c(F)c4)(C4CCCC4)OC3=O)nc2n1. The lowest BCUT2D eigenvalue weighted by Crippen LogP contribution is -2.46. The van der Waals surface area contributed by atoms with Crippen molar-refractivity contribution in [2.45, 2.75) is 90.1 Å². The zero-order chi connectivity index (χ0) is 27.9. The maximum absolute atomic E-state index is 14.9. The van der Waals surface area contributed by atoms with Gasteiger partial charge in [0.05, 0.1) is 17.1 Å². The number of aliphatic hydroxyl groups excluding tert-OH is 1. The maximum Gasteiger partial charge on any atom is 0.338 e. The largest absolute Gasteiger partial charge is 0.512 e. The molecule has 0 radical (unpaired) electrons. The molecular weight excluding hydrogens is 497 g/mol. The Hall–Kier alpha value is -3.80. The lowest BCUT2D eigenvalue weighted by Gasteiger charge is -2.41. The van der Waals surface area contributed by atoms with Gasteiger partial charge in [-0.05, 0) is 77.0 Å². The molecule has 1 aliphatic carbocycles. The summed E-state index contributed by atoms with van der Waals surface area (Å²) in [6.07, 6.45) is 5.13. The van der Waals surface area contributed by atoms with E-state index in [2.05, 4.69) is 21.1 Å². The summed E-state index contributed by atoms with van der Waals surface area (Å²) in [6, 6.07) is 9.01. The number of hydrogen-bond acceptors (Lipinski definition) is 7. The molecule has 0 saturated heterocycles. The van der Waals surface area contributed by atoms with Gasteiger partial charge in [-0.15, -0.1) is 5.10 Å². The van der Waals surface area contributed by atoms with Gasteiger partial charge >= 0.3 is 5.97 Å². The highest BCUT2D eigenvalue weighted by molar-refractivity contribution is 5.90. The Labute approximate surface area is 227 Å². The van der Waals surface area contributed by atoms with Crippen molar-refractivity contribution in [3.63, 3.8) is 0 Å². The monoisotopic (exact) mass is 531 g/mol. The Balaban J connectivity index is 1.39. The number of fused-ring (bicyclic) bond motifs is 1. The topological polar surface area (TPSA) is 113 Å². The van der Waals surface area contributed by atoms with Crippen molar-refractivity contribution in [1.82, 2.24) is 19.6 Å². The smallest absolute Gasteiger partial charge is 0.338 e.